The molecule has 0 saturated carbocycles. The number of ether oxygens (including phenoxy) is 2. The highest BCUT2D eigenvalue weighted by Gasteiger charge is 2.23. The van der Waals surface area contributed by atoms with Gasteiger partial charge in [0.25, 0.3) is 0 Å². The maximum atomic E-state index is 12.4. The number of pyridine rings is 1. The molecule has 0 radical (unpaired) electrons. The van der Waals surface area contributed by atoms with Gasteiger partial charge in [-0.3, -0.25) is 4.79 Å². The summed E-state index contributed by atoms with van der Waals surface area (Å²) in [4.78, 5) is 37.4. The first-order chi connectivity index (χ1) is 20.0. The van der Waals surface area contributed by atoms with Gasteiger partial charge in [0.15, 0.2) is 6.20 Å². The highest BCUT2D eigenvalue weighted by molar-refractivity contribution is 5.90. The summed E-state index contributed by atoms with van der Waals surface area (Å²) in [6, 6.07) is 5.65. The van der Waals surface area contributed by atoms with Gasteiger partial charge in [0.05, 0.1) is 13.2 Å². The average molecular weight is 704 g/mol. The maximum Gasteiger partial charge on any atom is 0.417 e. The maximum absolute atomic E-state index is 12.4. The summed E-state index contributed by atoms with van der Waals surface area (Å²) in [5.41, 5.74) is 0.839. The molecule has 1 heterocycles. The molecule has 1 rings (SSSR count). The van der Waals surface area contributed by atoms with Crippen LogP contribution in [-0.4, -0.2) is 42.8 Å². The topological polar surface area (TPSA) is 88.8 Å². The number of rotatable bonds is 24. The van der Waals surface area contributed by atoms with Gasteiger partial charge in [0.1, 0.15) is 13.1 Å². The molecule has 0 aliphatic carbocycles. The molecule has 0 aliphatic rings. The zero-order chi connectivity index (χ0) is 30.0. The van der Waals surface area contributed by atoms with Crippen LogP contribution in [0, 0.1) is 0 Å². The monoisotopic (exact) mass is 703 g/mol. The van der Waals surface area contributed by atoms with Crippen LogP contribution in [0.3, 0.4) is 0 Å². The van der Waals surface area contributed by atoms with Crippen molar-refractivity contribution in [2.75, 3.05) is 19.8 Å². The number of alkyl carbamates (subject to hydrolysis) is 1. The molecule has 0 bridgehead atoms. The number of nitrogens with one attached hydrogen (secondary N) is 1. The first kappa shape index (κ1) is 40.1. The lowest BCUT2D eigenvalue weighted by atomic mass is 10.0. The van der Waals surface area contributed by atoms with Gasteiger partial charge in [0, 0.05) is 32.0 Å². The smallest absolute Gasteiger partial charge is 0.417 e. The Morgan fingerprint density at radius 3 is 1.79 bits per heavy atom. The Balaban J connectivity index is 0.0000168. The molecule has 0 spiro atoms. The summed E-state index contributed by atoms with van der Waals surface area (Å²) in [7, 11) is 0. The number of aromatic nitrogens is 1. The van der Waals surface area contributed by atoms with Crippen LogP contribution >= 0.6 is 0 Å². The third-order valence-corrected chi connectivity index (χ3v) is 7.34. The number of unbranched alkanes of at least 4 members (excludes halogenated alkanes) is 15. The molecular weight excluding hydrogens is 645 g/mol. The zero-order valence-corrected chi connectivity index (χ0v) is 28.8. The molecule has 0 fully saturated rings. The van der Waals surface area contributed by atoms with Crippen molar-refractivity contribution in [1.29, 1.82) is 0 Å². The number of carbonyl (C=O) groups excluding carboxylic acids is 3. The van der Waals surface area contributed by atoms with Crippen molar-refractivity contribution in [3.05, 3.63) is 30.1 Å². The number of aryl methyl sites for hydroxylation is 1. The van der Waals surface area contributed by atoms with Gasteiger partial charge < -0.3 is 38.8 Å². The van der Waals surface area contributed by atoms with E-state index in [2.05, 4.69) is 12.2 Å². The second kappa shape index (κ2) is 27.9. The fraction of sp³-hybridized carbons (Fsp3) is 0.758. The van der Waals surface area contributed by atoms with Crippen molar-refractivity contribution in [2.24, 2.45) is 0 Å². The van der Waals surface area contributed by atoms with Crippen LogP contribution in [0.25, 0.3) is 0 Å². The molecular formula is C33H58IN3O5. The number of imide groups is 1. The van der Waals surface area contributed by atoms with E-state index in [-0.39, 0.29) is 49.6 Å². The SMILES string of the molecule is CCCCCCCCCCCCCCCCCCNC(=O)OCCCOC(=O)N(Cc1cccc[n+]1CC)C(C)=O.[I-]. The molecule has 42 heavy (non-hydrogen) atoms. The van der Waals surface area contributed by atoms with E-state index in [0.29, 0.717) is 13.0 Å². The number of nitrogens with zero attached hydrogens (tertiary/aromatic N) is 2. The molecule has 0 aliphatic heterocycles. The fourth-order valence-electron chi connectivity index (χ4n) is 4.81. The van der Waals surface area contributed by atoms with Crippen molar-refractivity contribution in [3.63, 3.8) is 0 Å². The van der Waals surface area contributed by atoms with Crippen LogP contribution in [-0.2, 0) is 27.4 Å². The van der Waals surface area contributed by atoms with Crippen LogP contribution in [0.4, 0.5) is 9.59 Å². The molecule has 9 heteroatoms. The van der Waals surface area contributed by atoms with Crippen molar-refractivity contribution in [3.8, 4) is 0 Å². The highest BCUT2D eigenvalue weighted by atomic mass is 127. The van der Waals surface area contributed by atoms with Crippen LogP contribution in [0.1, 0.15) is 136 Å². The van der Waals surface area contributed by atoms with Gasteiger partial charge >= 0.3 is 12.2 Å². The van der Waals surface area contributed by atoms with Crippen LogP contribution < -0.4 is 33.9 Å². The minimum Gasteiger partial charge on any atom is -1.00 e. The lowest BCUT2D eigenvalue weighted by Crippen LogP contribution is -3.00. The van der Waals surface area contributed by atoms with E-state index >= 15 is 0 Å². The van der Waals surface area contributed by atoms with Gasteiger partial charge in [-0.15, -0.1) is 0 Å². The first-order valence-electron chi connectivity index (χ1n) is 16.3. The largest absolute Gasteiger partial charge is 1.00 e. The average Bonchev–Trinajstić information content (AvgIpc) is 2.97. The Labute approximate surface area is 272 Å². The molecule has 1 aromatic heterocycles. The lowest BCUT2D eigenvalue weighted by molar-refractivity contribution is -0.701. The zero-order valence-electron chi connectivity index (χ0n) is 26.7. The Bertz CT molecular complexity index is 840. The summed E-state index contributed by atoms with van der Waals surface area (Å²) >= 11 is 0. The number of carbonyl (C=O) groups is 3. The van der Waals surface area contributed by atoms with Crippen molar-refractivity contribution < 1.29 is 52.4 Å². The molecule has 1 N–H and O–H groups in total. The Kier molecular flexibility index (Phi) is 26.6. The summed E-state index contributed by atoms with van der Waals surface area (Å²) in [6.45, 7) is 7.30. The van der Waals surface area contributed by atoms with E-state index in [1.54, 1.807) is 0 Å². The number of amides is 3. The summed E-state index contributed by atoms with van der Waals surface area (Å²) in [5.74, 6) is -0.383. The second-order valence-electron chi connectivity index (χ2n) is 10.9. The Morgan fingerprint density at radius 2 is 1.26 bits per heavy atom. The molecule has 0 aromatic carbocycles. The van der Waals surface area contributed by atoms with E-state index < -0.39 is 12.2 Å². The van der Waals surface area contributed by atoms with Crippen LogP contribution in [0.2, 0.25) is 0 Å². The van der Waals surface area contributed by atoms with E-state index in [1.165, 1.54) is 96.8 Å². The molecule has 0 saturated heterocycles. The number of hydrogen-bond acceptors (Lipinski definition) is 5. The molecule has 0 unspecified atom stereocenters. The normalized spacial score (nSPS) is 10.5. The van der Waals surface area contributed by atoms with E-state index in [4.69, 9.17) is 9.47 Å². The Morgan fingerprint density at radius 1 is 0.738 bits per heavy atom. The second-order valence-corrected chi connectivity index (χ2v) is 10.9. The quantitative estimate of drug-likeness (QED) is 0.0945. The summed E-state index contributed by atoms with van der Waals surface area (Å²) in [5, 5.41) is 2.78. The molecule has 8 nitrogen and oxygen atoms in total. The molecule has 0 atom stereocenters. The summed E-state index contributed by atoms with van der Waals surface area (Å²) < 4.78 is 12.4. The van der Waals surface area contributed by atoms with Crippen molar-refractivity contribution in [1.82, 2.24) is 10.2 Å². The summed E-state index contributed by atoms with van der Waals surface area (Å²) in [6.07, 6.45) is 22.3. The lowest BCUT2D eigenvalue weighted by Gasteiger charge is -2.17. The van der Waals surface area contributed by atoms with Gasteiger partial charge in [-0.25, -0.2) is 19.1 Å². The number of halogens is 1. The minimum atomic E-state index is -0.697. The predicted octanol–water partition coefficient (Wildman–Crippen LogP) is 4.86. The minimum absolute atomic E-state index is 0. The van der Waals surface area contributed by atoms with E-state index in [1.807, 2.05) is 35.9 Å². The van der Waals surface area contributed by atoms with Gasteiger partial charge in [-0.1, -0.05) is 109 Å². The Hall–Kier alpha value is -1.91. The predicted molar refractivity (Wildman–Crippen MR) is 163 cm³/mol. The van der Waals surface area contributed by atoms with Crippen LogP contribution in [0.15, 0.2) is 24.4 Å². The van der Waals surface area contributed by atoms with E-state index in [0.717, 1.165) is 30.0 Å². The molecule has 3 amide bonds. The highest BCUT2D eigenvalue weighted by Crippen LogP contribution is 2.13. The van der Waals surface area contributed by atoms with Gasteiger partial charge in [-0.2, -0.15) is 0 Å². The standard InChI is InChI=1S/C33H57N3O5.HI/c1-4-6-7-8-9-10-11-12-13-14-15-16-17-18-19-21-25-34-32(38)40-27-23-28-41-33(39)36(30(3)37)29-31-24-20-22-26-35(31)5-2;/h20,22,24,26H,4-19,21,23,25,27-29H2,1-3H3;1H. The fourth-order valence-corrected chi connectivity index (χ4v) is 4.81. The third-order valence-electron chi connectivity index (χ3n) is 7.34. The van der Waals surface area contributed by atoms with Gasteiger partial charge in [-0.05, 0) is 13.3 Å². The van der Waals surface area contributed by atoms with E-state index in [9.17, 15) is 14.4 Å². The first-order valence-corrected chi connectivity index (χ1v) is 16.3. The van der Waals surface area contributed by atoms with Crippen molar-refractivity contribution >= 4 is 18.1 Å². The van der Waals surface area contributed by atoms with Crippen LogP contribution in [0.5, 0.6) is 0 Å². The molecule has 242 valence electrons. The van der Waals surface area contributed by atoms with Crippen molar-refractivity contribution in [2.45, 2.75) is 143 Å². The number of hydrogen-bond donors (Lipinski definition) is 1. The molecule has 1 aromatic rings. The van der Waals surface area contributed by atoms with Gasteiger partial charge in [0.2, 0.25) is 11.6 Å². The third kappa shape index (κ3) is 20.9.